The normalized spacial score (nSPS) is 10.1. The Bertz CT molecular complexity index is 647. The number of anilines is 1. The Hall–Kier alpha value is -2.26. The largest absolute Gasteiger partial charge is 0.381 e. The van der Waals surface area contributed by atoms with Gasteiger partial charge in [0.2, 0.25) is 0 Å². The van der Waals surface area contributed by atoms with E-state index in [9.17, 15) is 8.78 Å². The first-order valence-corrected chi connectivity index (χ1v) is 5.08. The van der Waals surface area contributed by atoms with Crippen molar-refractivity contribution in [1.82, 2.24) is 9.97 Å². The second-order valence-corrected chi connectivity index (χ2v) is 3.72. The molecule has 2 rings (SSSR count). The minimum absolute atomic E-state index is 0.0200. The van der Waals surface area contributed by atoms with Crippen LogP contribution in [0, 0.1) is 23.0 Å². The predicted octanol–water partition coefficient (Wildman–Crippen LogP) is 2.53. The van der Waals surface area contributed by atoms with E-state index in [1.165, 1.54) is 0 Å². The van der Waals surface area contributed by atoms with Gasteiger partial charge in [-0.1, -0.05) is 11.6 Å². The summed E-state index contributed by atoms with van der Waals surface area (Å²) in [7, 11) is 0. The molecule has 0 amide bonds. The fraction of sp³-hybridized carbons (Fsp3) is 0. The molecular weight excluding hydrogens is 262 g/mol. The van der Waals surface area contributed by atoms with Gasteiger partial charge in [0.15, 0.2) is 16.7 Å². The van der Waals surface area contributed by atoms with Crippen molar-refractivity contribution in [3.63, 3.8) is 0 Å². The Morgan fingerprint density at radius 2 is 1.78 bits per heavy atom. The topological polar surface area (TPSA) is 75.6 Å². The number of hydrogen-bond acceptors (Lipinski definition) is 4. The average Bonchev–Trinajstić information content (AvgIpc) is 2.30. The van der Waals surface area contributed by atoms with Gasteiger partial charge in [-0.05, 0) is 12.1 Å². The van der Waals surface area contributed by atoms with Gasteiger partial charge in [0.05, 0.1) is 0 Å². The molecule has 0 bridgehead atoms. The van der Waals surface area contributed by atoms with E-state index in [1.54, 1.807) is 6.07 Å². The minimum Gasteiger partial charge on any atom is -0.381 e. The van der Waals surface area contributed by atoms with Crippen LogP contribution in [-0.4, -0.2) is 9.97 Å². The fourth-order valence-electron chi connectivity index (χ4n) is 1.38. The first kappa shape index (κ1) is 12.2. The fourth-order valence-corrected chi connectivity index (χ4v) is 1.62. The summed E-state index contributed by atoms with van der Waals surface area (Å²) < 4.78 is 26.2. The Morgan fingerprint density at radius 3 is 2.33 bits per heavy atom. The number of rotatable bonds is 1. The Balaban J connectivity index is 2.65. The molecule has 90 valence electrons. The lowest BCUT2D eigenvalue weighted by molar-refractivity contribution is 0.584. The van der Waals surface area contributed by atoms with Crippen molar-refractivity contribution in [2.24, 2.45) is 0 Å². The zero-order valence-corrected chi connectivity index (χ0v) is 9.54. The summed E-state index contributed by atoms with van der Waals surface area (Å²) in [5.74, 6) is -1.70. The van der Waals surface area contributed by atoms with Crippen LogP contribution in [0.5, 0.6) is 0 Å². The van der Waals surface area contributed by atoms with Gasteiger partial charge in [0.25, 0.3) is 0 Å². The lowest BCUT2D eigenvalue weighted by atomic mass is 10.1. The molecule has 0 saturated heterocycles. The third-order valence-corrected chi connectivity index (χ3v) is 2.39. The third kappa shape index (κ3) is 2.21. The van der Waals surface area contributed by atoms with E-state index in [0.717, 1.165) is 18.2 Å². The first-order valence-electron chi connectivity index (χ1n) is 4.71. The predicted molar refractivity (Wildman–Crippen MR) is 61.5 cm³/mol. The van der Waals surface area contributed by atoms with Crippen molar-refractivity contribution >= 4 is 17.4 Å². The maximum atomic E-state index is 13.1. The summed E-state index contributed by atoms with van der Waals surface area (Å²) >= 11 is 5.79. The molecule has 1 aromatic carbocycles. The van der Waals surface area contributed by atoms with E-state index in [4.69, 9.17) is 22.6 Å². The molecule has 7 heteroatoms. The highest BCUT2D eigenvalue weighted by Crippen LogP contribution is 2.27. The lowest BCUT2D eigenvalue weighted by Crippen LogP contribution is -2.01. The van der Waals surface area contributed by atoms with Crippen molar-refractivity contribution in [3.05, 3.63) is 40.7 Å². The molecular formula is C11H5ClF2N4. The molecule has 0 spiro atoms. The van der Waals surface area contributed by atoms with Gasteiger partial charge < -0.3 is 5.73 Å². The summed E-state index contributed by atoms with van der Waals surface area (Å²) in [4.78, 5) is 7.52. The van der Waals surface area contributed by atoms with Crippen LogP contribution >= 0.6 is 11.6 Å². The van der Waals surface area contributed by atoms with Crippen LogP contribution in [0.4, 0.5) is 14.6 Å². The summed E-state index contributed by atoms with van der Waals surface area (Å²) in [6, 6.07) is 4.52. The van der Waals surface area contributed by atoms with Crippen LogP contribution in [0.2, 0.25) is 5.15 Å². The van der Waals surface area contributed by atoms with Crippen LogP contribution < -0.4 is 5.73 Å². The Morgan fingerprint density at radius 1 is 1.17 bits per heavy atom. The number of aromatic nitrogens is 2. The molecule has 0 fully saturated rings. The molecule has 4 nitrogen and oxygen atoms in total. The zero-order chi connectivity index (χ0) is 13.3. The quantitative estimate of drug-likeness (QED) is 0.860. The SMILES string of the molecule is N#Cc1nc(Cl)c(-c2cc(F)cc(F)c2)nc1N. The average molecular weight is 267 g/mol. The second kappa shape index (κ2) is 4.55. The lowest BCUT2D eigenvalue weighted by Gasteiger charge is -2.05. The molecule has 2 aromatic rings. The van der Waals surface area contributed by atoms with Crippen LogP contribution in [0.25, 0.3) is 11.3 Å². The highest BCUT2D eigenvalue weighted by atomic mass is 35.5. The maximum absolute atomic E-state index is 13.1. The van der Waals surface area contributed by atoms with Gasteiger partial charge in [-0.2, -0.15) is 5.26 Å². The smallest absolute Gasteiger partial charge is 0.184 e. The Labute approximate surface area is 106 Å². The van der Waals surface area contributed by atoms with Crippen LogP contribution in [0.3, 0.4) is 0 Å². The van der Waals surface area contributed by atoms with Crippen LogP contribution in [0.1, 0.15) is 5.69 Å². The van der Waals surface area contributed by atoms with E-state index in [2.05, 4.69) is 9.97 Å². The van der Waals surface area contributed by atoms with Crippen molar-refractivity contribution < 1.29 is 8.78 Å². The number of nitrogens with two attached hydrogens (primary N) is 1. The minimum atomic E-state index is -0.772. The molecule has 0 aliphatic heterocycles. The summed E-state index contributed by atoms with van der Waals surface area (Å²) in [6.45, 7) is 0. The van der Waals surface area contributed by atoms with E-state index in [1.807, 2.05) is 0 Å². The maximum Gasteiger partial charge on any atom is 0.184 e. The second-order valence-electron chi connectivity index (χ2n) is 3.37. The van der Waals surface area contributed by atoms with Crippen molar-refractivity contribution in [2.75, 3.05) is 5.73 Å². The summed E-state index contributed by atoms with van der Waals surface area (Å²) in [6.07, 6.45) is 0. The summed E-state index contributed by atoms with van der Waals surface area (Å²) in [5.41, 5.74) is 5.45. The van der Waals surface area contributed by atoms with Gasteiger partial charge in [-0.15, -0.1) is 0 Å². The number of nitriles is 1. The van der Waals surface area contributed by atoms with E-state index in [-0.39, 0.29) is 27.9 Å². The van der Waals surface area contributed by atoms with Crippen molar-refractivity contribution in [3.8, 4) is 17.3 Å². The standard InChI is InChI=1S/C11H5ClF2N4/c12-10-9(18-11(16)8(4-15)17-10)5-1-6(13)3-7(14)2-5/h1-3H,(H2,16,18). The first-order chi connectivity index (χ1) is 8.51. The van der Waals surface area contributed by atoms with Gasteiger partial charge in [0.1, 0.15) is 23.4 Å². The van der Waals surface area contributed by atoms with Crippen molar-refractivity contribution in [2.45, 2.75) is 0 Å². The Kier molecular flexibility index (Phi) is 3.08. The van der Waals surface area contributed by atoms with Crippen LogP contribution in [-0.2, 0) is 0 Å². The summed E-state index contributed by atoms with van der Waals surface area (Å²) in [5, 5.41) is 8.53. The number of halogens is 3. The molecule has 0 aliphatic rings. The number of hydrogen-bond donors (Lipinski definition) is 1. The molecule has 0 aliphatic carbocycles. The van der Waals surface area contributed by atoms with Gasteiger partial charge in [-0.3, -0.25) is 0 Å². The van der Waals surface area contributed by atoms with Gasteiger partial charge >= 0.3 is 0 Å². The van der Waals surface area contributed by atoms with Gasteiger partial charge in [-0.25, -0.2) is 18.7 Å². The molecule has 18 heavy (non-hydrogen) atoms. The number of nitrogens with zero attached hydrogens (tertiary/aromatic N) is 3. The molecule has 1 aromatic heterocycles. The van der Waals surface area contributed by atoms with Crippen molar-refractivity contribution in [1.29, 1.82) is 5.26 Å². The number of nitrogen functional groups attached to an aromatic ring is 1. The van der Waals surface area contributed by atoms with E-state index < -0.39 is 11.6 Å². The van der Waals surface area contributed by atoms with E-state index >= 15 is 0 Å². The zero-order valence-electron chi connectivity index (χ0n) is 8.78. The molecule has 0 radical (unpaired) electrons. The molecule has 1 heterocycles. The number of benzene rings is 1. The van der Waals surface area contributed by atoms with Crippen LogP contribution in [0.15, 0.2) is 18.2 Å². The third-order valence-electron chi connectivity index (χ3n) is 2.12. The monoisotopic (exact) mass is 266 g/mol. The molecule has 0 saturated carbocycles. The molecule has 2 N–H and O–H groups in total. The molecule has 0 atom stereocenters. The van der Waals surface area contributed by atoms with E-state index in [0.29, 0.717) is 0 Å². The molecule has 0 unspecified atom stereocenters. The van der Waals surface area contributed by atoms with Gasteiger partial charge in [0, 0.05) is 11.6 Å². The highest BCUT2D eigenvalue weighted by Gasteiger charge is 2.13. The highest BCUT2D eigenvalue weighted by molar-refractivity contribution is 6.31.